The van der Waals surface area contributed by atoms with Gasteiger partial charge < -0.3 is 9.80 Å². The highest BCUT2D eigenvalue weighted by Gasteiger charge is 2.22. The molecule has 2 aromatic carbocycles. The van der Waals surface area contributed by atoms with E-state index >= 15 is 0 Å². The maximum atomic E-state index is 13.6. The highest BCUT2D eigenvalue weighted by molar-refractivity contribution is 8.00. The number of benzene rings is 2. The van der Waals surface area contributed by atoms with Gasteiger partial charge in [0.25, 0.3) is 5.69 Å². The van der Waals surface area contributed by atoms with Gasteiger partial charge >= 0.3 is 0 Å². The van der Waals surface area contributed by atoms with Gasteiger partial charge in [0.1, 0.15) is 11.6 Å². The molecule has 0 bridgehead atoms. The van der Waals surface area contributed by atoms with Crippen LogP contribution in [0, 0.1) is 21.7 Å². The number of nitrogens with zero attached hydrogens (tertiary/aromatic N) is 3. The van der Waals surface area contributed by atoms with Crippen molar-refractivity contribution in [2.75, 3.05) is 36.8 Å². The van der Waals surface area contributed by atoms with Gasteiger partial charge in [-0.3, -0.25) is 14.9 Å². The molecule has 0 unspecified atom stereocenters. The number of amides is 1. The van der Waals surface area contributed by atoms with Gasteiger partial charge in [-0.25, -0.2) is 8.78 Å². The second kappa shape index (κ2) is 8.34. The minimum Gasteiger partial charge on any atom is -0.368 e. The zero-order chi connectivity index (χ0) is 19.4. The zero-order valence-corrected chi connectivity index (χ0v) is 15.1. The molecule has 1 heterocycles. The molecule has 1 aliphatic rings. The average Bonchev–Trinajstić information content (AvgIpc) is 2.68. The monoisotopic (exact) mass is 393 g/mol. The van der Waals surface area contributed by atoms with E-state index in [-0.39, 0.29) is 22.2 Å². The van der Waals surface area contributed by atoms with Crippen LogP contribution in [0.2, 0.25) is 0 Å². The molecule has 1 fully saturated rings. The van der Waals surface area contributed by atoms with Crippen molar-refractivity contribution in [1.29, 1.82) is 0 Å². The molecule has 1 amide bonds. The van der Waals surface area contributed by atoms with Crippen molar-refractivity contribution in [2.24, 2.45) is 0 Å². The second-order valence-electron chi connectivity index (χ2n) is 6.00. The third-order valence-corrected chi connectivity index (χ3v) is 5.32. The molecule has 0 radical (unpaired) electrons. The van der Waals surface area contributed by atoms with Crippen molar-refractivity contribution in [3.63, 3.8) is 0 Å². The Morgan fingerprint density at radius 2 is 1.74 bits per heavy atom. The van der Waals surface area contributed by atoms with Crippen LogP contribution in [0.3, 0.4) is 0 Å². The van der Waals surface area contributed by atoms with E-state index in [4.69, 9.17) is 0 Å². The summed E-state index contributed by atoms with van der Waals surface area (Å²) in [6, 6.07) is 9.47. The quantitative estimate of drug-likeness (QED) is 0.443. The molecule has 0 aromatic heterocycles. The van der Waals surface area contributed by atoms with Crippen LogP contribution in [0.15, 0.2) is 47.4 Å². The van der Waals surface area contributed by atoms with Crippen molar-refractivity contribution >= 4 is 29.0 Å². The Morgan fingerprint density at radius 1 is 1.07 bits per heavy atom. The first-order chi connectivity index (χ1) is 12.9. The first kappa shape index (κ1) is 19.1. The van der Waals surface area contributed by atoms with Crippen molar-refractivity contribution in [1.82, 2.24) is 4.90 Å². The number of thioether (sulfide) groups is 1. The predicted octanol–water partition coefficient (Wildman–Crippen LogP) is 3.31. The van der Waals surface area contributed by atoms with Crippen molar-refractivity contribution < 1.29 is 18.5 Å². The number of carbonyl (C=O) groups excluding carboxylic acids is 1. The standard InChI is InChI=1S/C18H17F2N3O3S/c19-13-1-6-16(20)17(11-13)27-12-18(24)22-9-7-21(8-10-22)14-2-4-15(5-3-14)23(25)26/h1-6,11H,7-10,12H2. The lowest BCUT2D eigenvalue weighted by Gasteiger charge is -2.36. The third kappa shape index (κ3) is 4.73. The summed E-state index contributed by atoms with van der Waals surface area (Å²) in [7, 11) is 0. The number of carbonyl (C=O) groups is 1. The summed E-state index contributed by atoms with van der Waals surface area (Å²) in [5, 5.41) is 10.7. The van der Waals surface area contributed by atoms with E-state index in [9.17, 15) is 23.7 Å². The van der Waals surface area contributed by atoms with Crippen molar-refractivity contribution in [3.8, 4) is 0 Å². The lowest BCUT2D eigenvalue weighted by Crippen LogP contribution is -2.49. The summed E-state index contributed by atoms with van der Waals surface area (Å²) in [6.07, 6.45) is 0. The van der Waals surface area contributed by atoms with Gasteiger partial charge in [-0.05, 0) is 30.3 Å². The molecule has 0 spiro atoms. The smallest absolute Gasteiger partial charge is 0.269 e. The molecule has 0 atom stereocenters. The summed E-state index contributed by atoms with van der Waals surface area (Å²) in [6.45, 7) is 2.20. The van der Waals surface area contributed by atoms with Crippen LogP contribution in [0.25, 0.3) is 0 Å². The molecule has 3 rings (SSSR count). The third-order valence-electron chi connectivity index (χ3n) is 4.30. The fourth-order valence-corrected chi connectivity index (χ4v) is 3.68. The number of nitro groups is 1. The van der Waals surface area contributed by atoms with Crippen LogP contribution in [0.5, 0.6) is 0 Å². The lowest BCUT2D eigenvalue weighted by molar-refractivity contribution is -0.384. The maximum absolute atomic E-state index is 13.6. The number of non-ortho nitro benzene ring substituents is 1. The zero-order valence-electron chi connectivity index (χ0n) is 14.3. The minimum absolute atomic E-state index is 0.0363. The van der Waals surface area contributed by atoms with Crippen LogP contribution < -0.4 is 4.90 Å². The van der Waals surface area contributed by atoms with Crippen LogP contribution >= 0.6 is 11.8 Å². The highest BCUT2D eigenvalue weighted by Crippen LogP contribution is 2.24. The van der Waals surface area contributed by atoms with Gasteiger partial charge in [0.05, 0.1) is 10.7 Å². The van der Waals surface area contributed by atoms with E-state index in [1.807, 2.05) is 4.90 Å². The molecule has 2 aromatic rings. The summed E-state index contributed by atoms with van der Waals surface area (Å²) in [5.41, 5.74) is 0.901. The topological polar surface area (TPSA) is 66.7 Å². The van der Waals surface area contributed by atoms with Gasteiger partial charge in [0, 0.05) is 48.9 Å². The van der Waals surface area contributed by atoms with E-state index in [0.717, 1.165) is 35.6 Å². The second-order valence-corrected chi connectivity index (χ2v) is 7.02. The SMILES string of the molecule is O=C(CSc1cc(F)ccc1F)N1CCN(c2ccc([N+](=O)[O-])cc2)CC1. The molecule has 27 heavy (non-hydrogen) atoms. The van der Waals surface area contributed by atoms with Crippen molar-refractivity contribution in [2.45, 2.75) is 4.90 Å². The number of hydrogen-bond donors (Lipinski definition) is 0. The molecule has 0 N–H and O–H groups in total. The largest absolute Gasteiger partial charge is 0.368 e. The Labute approximate surface area is 158 Å². The van der Waals surface area contributed by atoms with Crippen LogP contribution in [0.1, 0.15) is 0 Å². The summed E-state index contributed by atoms with van der Waals surface area (Å²) in [4.78, 5) is 26.4. The number of halogens is 2. The van der Waals surface area contributed by atoms with Gasteiger partial charge in [-0.1, -0.05) is 0 Å². The van der Waals surface area contributed by atoms with Gasteiger partial charge in [-0.2, -0.15) is 0 Å². The average molecular weight is 393 g/mol. The van der Waals surface area contributed by atoms with Crippen LogP contribution in [0.4, 0.5) is 20.2 Å². The van der Waals surface area contributed by atoms with E-state index in [2.05, 4.69) is 0 Å². The van der Waals surface area contributed by atoms with Gasteiger partial charge in [0.2, 0.25) is 5.91 Å². The highest BCUT2D eigenvalue weighted by atomic mass is 32.2. The first-order valence-corrected chi connectivity index (χ1v) is 9.27. The Hall–Kier alpha value is -2.68. The molecule has 0 saturated carbocycles. The van der Waals surface area contributed by atoms with E-state index in [0.29, 0.717) is 26.2 Å². The van der Waals surface area contributed by atoms with Crippen LogP contribution in [-0.4, -0.2) is 47.7 Å². The molecule has 1 aliphatic heterocycles. The predicted molar refractivity (Wildman–Crippen MR) is 99.0 cm³/mol. The number of piperazine rings is 1. The normalized spacial score (nSPS) is 14.3. The number of nitro benzene ring substituents is 1. The number of anilines is 1. The first-order valence-electron chi connectivity index (χ1n) is 8.29. The van der Waals surface area contributed by atoms with Gasteiger partial charge in [0.15, 0.2) is 0 Å². The molecule has 142 valence electrons. The van der Waals surface area contributed by atoms with E-state index < -0.39 is 16.6 Å². The Bertz CT molecular complexity index is 840. The molecule has 1 saturated heterocycles. The summed E-state index contributed by atoms with van der Waals surface area (Å²) >= 11 is 0.981. The number of hydrogen-bond acceptors (Lipinski definition) is 5. The van der Waals surface area contributed by atoms with E-state index in [1.54, 1.807) is 17.0 Å². The fraction of sp³-hybridized carbons (Fsp3) is 0.278. The lowest BCUT2D eigenvalue weighted by atomic mass is 10.2. The Morgan fingerprint density at radius 3 is 2.37 bits per heavy atom. The fourth-order valence-electron chi connectivity index (χ4n) is 2.82. The Kier molecular flexibility index (Phi) is 5.90. The van der Waals surface area contributed by atoms with Gasteiger partial charge in [-0.15, -0.1) is 11.8 Å². The molecular weight excluding hydrogens is 376 g/mol. The minimum atomic E-state index is -0.544. The summed E-state index contributed by atoms with van der Waals surface area (Å²) < 4.78 is 26.8. The molecule has 6 nitrogen and oxygen atoms in total. The Balaban J connectivity index is 1.51. The molecule has 9 heteroatoms. The van der Waals surface area contributed by atoms with Crippen molar-refractivity contribution in [3.05, 3.63) is 64.2 Å². The van der Waals surface area contributed by atoms with Crippen LogP contribution in [-0.2, 0) is 4.79 Å². The molecule has 0 aliphatic carbocycles. The number of rotatable bonds is 5. The summed E-state index contributed by atoms with van der Waals surface area (Å²) in [5.74, 6) is -1.18. The maximum Gasteiger partial charge on any atom is 0.269 e. The van der Waals surface area contributed by atoms with E-state index in [1.165, 1.54) is 12.1 Å². The molecular formula is C18H17F2N3O3S.